The van der Waals surface area contributed by atoms with Crippen LogP contribution in [0.4, 0.5) is 0 Å². The summed E-state index contributed by atoms with van der Waals surface area (Å²) in [4.78, 5) is 74.3. The summed E-state index contributed by atoms with van der Waals surface area (Å²) in [6, 6.07) is 25.2. The van der Waals surface area contributed by atoms with Gasteiger partial charge in [0.15, 0.2) is 0 Å². The average molecular weight is 933 g/mol. The zero-order chi connectivity index (χ0) is 46.1. The molecule has 2 unspecified atom stereocenters. The molecule has 6 rings (SSSR count). The summed E-state index contributed by atoms with van der Waals surface area (Å²) in [7, 11) is 4.64. The van der Waals surface area contributed by atoms with Crippen molar-refractivity contribution in [1.29, 1.82) is 0 Å². The van der Waals surface area contributed by atoms with Gasteiger partial charge >= 0.3 is 11.9 Å². The minimum absolute atomic E-state index is 0.0304. The zero-order valence-electron chi connectivity index (χ0n) is 34.7. The number of hydrogen-bond donors (Lipinski definition) is 3. The van der Waals surface area contributed by atoms with Gasteiger partial charge in [0.2, 0.25) is 0 Å². The number of aromatic nitrogens is 2. The molecule has 0 fully saturated rings. The molecule has 2 aromatic heterocycles. The summed E-state index contributed by atoms with van der Waals surface area (Å²) in [5, 5.41) is 15.3. The number of aliphatic carboxylic acids is 1. The highest BCUT2D eigenvalue weighted by molar-refractivity contribution is 6.40. The summed E-state index contributed by atoms with van der Waals surface area (Å²) in [5.74, 6) is -3.02. The number of methoxy groups -OCH3 is 1. The van der Waals surface area contributed by atoms with Crippen LogP contribution in [-0.4, -0.2) is 57.2 Å². The monoisotopic (exact) mass is 930 g/mol. The number of pyridine rings is 2. The quantitative estimate of drug-likeness (QED) is 0.103. The number of benzene rings is 4. The molecule has 6 aromatic rings. The van der Waals surface area contributed by atoms with Gasteiger partial charge in [-0.15, -0.1) is 0 Å². The van der Waals surface area contributed by atoms with Gasteiger partial charge in [0.25, 0.3) is 22.9 Å². The van der Waals surface area contributed by atoms with Crippen molar-refractivity contribution < 1.29 is 29.0 Å². The third-order valence-corrected chi connectivity index (χ3v) is 11.4. The number of carboxylic acids is 1. The Balaban J connectivity index is 0.000000238. The molecule has 2 heterocycles. The third kappa shape index (κ3) is 11.6. The molecule has 0 saturated heterocycles. The van der Waals surface area contributed by atoms with Crippen LogP contribution >= 0.6 is 46.4 Å². The van der Waals surface area contributed by atoms with Crippen LogP contribution in [0.25, 0.3) is 22.3 Å². The van der Waals surface area contributed by atoms with Gasteiger partial charge in [-0.25, -0.2) is 9.59 Å². The fourth-order valence-electron chi connectivity index (χ4n) is 6.65. The predicted molar refractivity (Wildman–Crippen MR) is 246 cm³/mol. The molecule has 0 bridgehead atoms. The maximum Gasteiger partial charge on any atom is 0.328 e. The Morgan fingerprint density at radius 3 is 1.29 bits per heavy atom. The van der Waals surface area contributed by atoms with E-state index in [1.54, 1.807) is 75.0 Å². The number of rotatable bonds is 12. The van der Waals surface area contributed by atoms with E-state index in [0.717, 1.165) is 27.8 Å². The zero-order valence-corrected chi connectivity index (χ0v) is 37.7. The lowest BCUT2D eigenvalue weighted by atomic mass is 9.98. The SMILES string of the molecule is COC(=O)C(Cc1ccc(-c2c(C)ccn(C)c2=O)cc1)NC(=O)c1c(Cl)cccc1Cl.Cc1ccn(C)c(=O)c1-c1ccc(CC(NC(=O)c2c(Cl)cccc2Cl)C(=O)O)cc1. The molecule has 4 aromatic carbocycles. The van der Waals surface area contributed by atoms with Crippen molar-refractivity contribution in [3.05, 3.63) is 184 Å². The minimum atomic E-state index is -1.19. The Morgan fingerprint density at radius 1 is 0.587 bits per heavy atom. The first-order chi connectivity index (χ1) is 29.9. The molecule has 2 atom stereocenters. The number of nitrogens with one attached hydrogen (secondary N) is 2. The molecular formula is C47H42Cl4N4O8. The number of carbonyl (C=O) groups excluding carboxylic acids is 3. The summed E-state index contributed by atoms with van der Waals surface area (Å²) in [6.45, 7) is 3.74. The highest BCUT2D eigenvalue weighted by atomic mass is 35.5. The van der Waals surface area contributed by atoms with Crippen molar-refractivity contribution in [2.45, 2.75) is 38.8 Å². The summed E-state index contributed by atoms with van der Waals surface area (Å²) < 4.78 is 7.89. The van der Waals surface area contributed by atoms with Crippen molar-refractivity contribution in [2.24, 2.45) is 14.1 Å². The topological polar surface area (TPSA) is 166 Å². The molecule has 3 N–H and O–H groups in total. The number of nitrogens with zero attached hydrogens (tertiary/aromatic N) is 2. The highest BCUT2D eigenvalue weighted by Crippen LogP contribution is 2.27. The average Bonchev–Trinajstić information content (AvgIpc) is 3.24. The van der Waals surface area contributed by atoms with Gasteiger partial charge in [0, 0.05) is 39.3 Å². The van der Waals surface area contributed by atoms with Gasteiger partial charge in [0.1, 0.15) is 12.1 Å². The van der Waals surface area contributed by atoms with Crippen LogP contribution in [0.3, 0.4) is 0 Å². The Kier molecular flexibility index (Phi) is 16.2. The first kappa shape index (κ1) is 47.9. The lowest BCUT2D eigenvalue weighted by molar-refractivity contribution is -0.143. The molecule has 63 heavy (non-hydrogen) atoms. The summed E-state index contributed by atoms with van der Waals surface area (Å²) in [6.07, 6.45) is 3.67. The molecular weight excluding hydrogens is 890 g/mol. The van der Waals surface area contributed by atoms with Crippen LogP contribution in [0.2, 0.25) is 20.1 Å². The maximum atomic E-state index is 12.7. The van der Waals surface area contributed by atoms with E-state index in [1.165, 1.54) is 28.4 Å². The summed E-state index contributed by atoms with van der Waals surface area (Å²) in [5.41, 5.74) is 5.83. The fourth-order valence-corrected chi connectivity index (χ4v) is 7.79. The normalized spacial score (nSPS) is 11.7. The molecule has 0 aliphatic carbocycles. The molecule has 12 nitrogen and oxygen atoms in total. The second-order valence-electron chi connectivity index (χ2n) is 14.5. The largest absolute Gasteiger partial charge is 0.480 e. The maximum absolute atomic E-state index is 12.7. The van der Waals surface area contributed by atoms with E-state index in [2.05, 4.69) is 10.6 Å². The lowest BCUT2D eigenvalue weighted by Crippen LogP contribution is -2.43. The van der Waals surface area contributed by atoms with E-state index in [9.17, 15) is 33.9 Å². The molecule has 0 aliphatic heterocycles. The van der Waals surface area contributed by atoms with Gasteiger partial charge in [-0.1, -0.05) is 107 Å². The smallest absolute Gasteiger partial charge is 0.328 e. The lowest BCUT2D eigenvalue weighted by Gasteiger charge is -2.18. The minimum Gasteiger partial charge on any atom is -0.480 e. The van der Waals surface area contributed by atoms with Crippen molar-refractivity contribution in [3.8, 4) is 22.3 Å². The van der Waals surface area contributed by atoms with Gasteiger partial charge in [0.05, 0.1) is 49.5 Å². The molecule has 0 saturated carbocycles. The first-order valence-corrected chi connectivity index (χ1v) is 20.7. The van der Waals surface area contributed by atoms with Crippen molar-refractivity contribution in [2.75, 3.05) is 7.11 Å². The molecule has 2 amide bonds. The Bertz CT molecular complexity index is 2770. The number of aryl methyl sites for hydroxylation is 4. The van der Waals surface area contributed by atoms with Crippen LogP contribution in [0.15, 0.2) is 119 Å². The number of esters is 1. The second kappa shape index (κ2) is 21.3. The number of ether oxygens (including phenoxy) is 1. The van der Waals surface area contributed by atoms with Crippen LogP contribution in [0.1, 0.15) is 43.0 Å². The van der Waals surface area contributed by atoms with Crippen LogP contribution < -0.4 is 21.8 Å². The highest BCUT2D eigenvalue weighted by Gasteiger charge is 2.26. The Morgan fingerprint density at radius 2 is 0.937 bits per heavy atom. The third-order valence-electron chi connectivity index (χ3n) is 10.1. The standard InChI is InChI=1S/C24H22Cl2N2O4.C23H20Cl2N2O4/c1-14-11-12-28(2)23(30)20(14)16-9-7-15(8-10-16)13-19(24(31)32-3)27-22(29)21-17(25)5-4-6-18(21)26;1-13-10-11-27(2)22(29)19(13)15-8-6-14(7-9-15)12-18(23(30)31)26-21(28)20-16(24)4-3-5-17(20)25/h4-12,19H,13H2,1-3H3,(H,27,29);3-11,18H,12H2,1-2H3,(H,26,28)(H,30,31). The van der Waals surface area contributed by atoms with E-state index in [-0.39, 0.29) is 55.2 Å². The van der Waals surface area contributed by atoms with Crippen molar-refractivity contribution in [1.82, 2.24) is 19.8 Å². The summed E-state index contributed by atoms with van der Waals surface area (Å²) >= 11 is 24.3. The number of carboxylic acid groups (broad SMARTS) is 1. The number of halogens is 4. The van der Waals surface area contributed by atoms with Gasteiger partial charge in [-0.05, 0) is 83.6 Å². The van der Waals surface area contributed by atoms with Crippen molar-refractivity contribution in [3.63, 3.8) is 0 Å². The number of amides is 2. The van der Waals surface area contributed by atoms with E-state index in [4.69, 9.17) is 51.1 Å². The Hall–Kier alpha value is -6.18. The predicted octanol–water partition coefficient (Wildman–Crippen LogP) is 8.27. The molecule has 0 radical (unpaired) electrons. The van der Waals surface area contributed by atoms with E-state index in [0.29, 0.717) is 16.7 Å². The molecule has 0 aliphatic rings. The van der Waals surface area contributed by atoms with Gasteiger partial charge in [-0.3, -0.25) is 19.2 Å². The van der Waals surface area contributed by atoms with Gasteiger partial charge in [-0.2, -0.15) is 0 Å². The van der Waals surface area contributed by atoms with E-state index >= 15 is 0 Å². The number of carbonyl (C=O) groups is 4. The van der Waals surface area contributed by atoms with E-state index in [1.807, 2.05) is 50.2 Å². The van der Waals surface area contributed by atoms with Crippen molar-refractivity contribution >= 4 is 70.2 Å². The number of hydrogen-bond acceptors (Lipinski definition) is 7. The fraction of sp³-hybridized carbons (Fsp3) is 0.191. The second-order valence-corrected chi connectivity index (χ2v) is 16.1. The molecule has 326 valence electrons. The molecule has 16 heteroatoms. The van der Waals surface area contributed by atoms with Crippen LogP contribution in [0.5, 0.6) is 0 Å². The van der Waals surface area contributed by atoms with Gasteiger partial charge < -0.3 is 29.6 Å². The van der Waals surface area contributed by atoms with Crippen LogP contribution in [0, 0.1) is 13.8 Å². The van der Waals surface area contributed by atoms with Crippen LogP contribution in [-0.2, 0) is 41.3 Å². The first-order valence-electron chi connectivity index (χ1n) is 19.2. The molecule has 0 spiro atoms. The Labute approximate surface area is 383 Å². The van der Waals surface area contributed by atoms with E-state index < -0.39 is 35.8 Å².